The van der Waals surface area contributed by atoms with Crippen LogP contribution in [0.4, 0.5) is 0 Å². The van der Waals surface area contributed by atoms with Crippen LogP contribution in [0.2, 0.25) is 5.02 Å². The van der Waals surface area contributed by atoms with Gasteiger partial charge < -0.3 is 0 Å². The Morgan fingerprint density at radius 3 is 2.71 bits per heavy atom. The summed E-state index contributed by atoms with van der Waals surface area (Å²) in [5.74, 6) is 0. The number of aldehydes is 1. The van der Waals surface area contributed by atoms with E-state index in [0.717, 1.165) is 21.5 Å². The molecule has 2 rings (SSSR count). The highest BCUT2D eigenvalue weighted by molar-refractivity contribution is 9.10. The lowest BCUT2D eigenvalue weighted by molar-refractivity contribution is 0.112. The minimum absolute atomic E-state index is 0.505. The van der Waals surface area contributed by atoms with Crippen molar-refractivity contribution in [1.29, 1.82) is 0 Å². The number of carbonyl (C=O) groups is 1. The van der Waals surface area contributed by atoms with E-state index in [2.05, 4.69) is 15.9 Å². The fraction of sp³-hybridized carbons (Fsp3) is 0. The van der Waals surface area contributed by atoms with Gasteiger partial charge in [-0.2, -0.15) is 0 Å². The normalized spacial score (nSPS) is 10.4. The van der Waals surface area contributed by atoms with E-state index in [9.17, 15) is 4.79 Å². The van der Waals surface area contributed by atoms with E-state index in [1.165, 1.54) is 0 Å². The summed E-state index contributed by atoms with van der Waals surface area (Å²) in [6.45, 7) is 0. The molecule has 3 heteroatoms. The van der Waals surface area contributed by atoms with E-state index in [4.69, 9.17) is 11.6 Å². The second kappa shape index (κ2) is 3.71. The van der Waals surface area contributed by atoms with E-state index >= 15 is 0 Å². The second-order valence-electron chi connectivity index (χ2n) is 2.93. The van der Waals surface area contributed by atoms with Gasteiger partial charge in [-0.15, -0.1) is 0 Å². The molecule has 0 aliphatic rings. The molecule has 0 heterocycles. The smallest absolute Gasteiger partial charge is 0.152 e. The van der Waals surface area contributed by atoms with Crippen molar-refractivity contribution in [3.63, 3.8) is 0 Å². The third-order valence-electron chi connectivity index (χ3n) is 2.09. The Hall–Kier alpha value is -0.860. The van der Waals surface area contributed by atoms with Crippen LogP contribution in [0.1, 0.15) is 10.4 Å². The van der Waals surface area contributed by atoms with Crippen molar-refractivity contribution in [2.45, 2.75) is 0 Å². The highest BCUT2D eigenvalue weighted by atomic mass is 79.9. The van der Waals surface area contributed by atoms with Crippen LogP contribution in [0.15, 0.2) is 34.8 Å². The Morgan fingerprint density at radius 2 is 2.00 bits per heavy atom. The third kappa shape index (κ3) is 1.45. The Kier molecular flexibility index (Phi) is 2.57. The molecule has 0 aromatic heterocycles. The van der Waals surface area contributed by atoms with Crippen molar-refractivity contribution in [3.05, 3.63) is 45.4 Å². The molecule has 0 saturated heterocycles. The highest BCUT2D eigenvalue weighted by Crippen LogP contribution is 2.31. The number of benzene rings is 2. The van der Waals surface area contributed by atoms with Crippen LogP contribution in [0, 0.1) is 0 Å². The first-order valence-electron chi connectivity index (χ1n) is 4.06. The van der Waals surface area contributed by atoms with E-state index in [0.29, 0.717) is 10.6 Å². The number of hydrogen-bond donors (Lipinski definition) is 0. The largest absolute Gasteiger partial charge is 0.298 e. The first-order valence-corrected chi connectivity index (χ1v) is 5.23. The Labute approximate surface area is 94.8 Å². The first-order chi connectivity index (χ1) is 6.74. The molecule has 0 radical (unpaired) electrons. The molecule has 2 aromatic rings. The van der Waals surface area contributed by atoms with Gasteiger partial charge in [0.25, 0.3) is 0 Å². The van der Waals surface area contributed by atoms with Gasteiger partial charge in [0, 0.05) is 15.4 Å². The molecule has 14 heavy (non-hydrogen) atoms. The van der Waals surface area contributed by atoms with Crippen molar-refractivity contribution in [3.8, 4) is 0 Å². The van der Waals surface area contributed by atoms with Crippen molar-refractivity contribution in [1.82, 2.24) is 0 Å². The molecule has 1 nitrogen and oxygen atoms in total. The van der Waals surface area contributed by atoms with Gasteiger partial charge in [-0.3, -0.25) is 4.79 Å². The molecule has 0 saturated carbocycles. The Balaban J connectivity index is 2.92. The highest BCUT2D eigenvalue weighted by Gasteiger charge is 2.08. The summed E-state index contributed by atoms with van der Waals surface area (Å²) < 4.78 is 0.733. The molecule has 0 aliphatic heterocycles. The number of halogens is 2. The number of hydrogen-bond acceptors (Lipinski definition) is 1. The third-order valence-corrected chi connectivity index (χ3v) is 3.15. The van der Waals surface area contributed by atoms with Gasteiger partial charge in [0.05, 0.1) is 5.02 Å². The Morgan fingerprint density at radius 1 is 1.29 bits per heavy atom. The fourth-order valence-corrected chi connectivity index (χ4v) is 2.37. The number of carbonyl (C=O) groups excluding carboxylic acids is 1. The van der Waals surface area contributed by atoms with Crippen LogP contribution < -0.4 is 0 Å². The molecule has 0 atom stereocenters. The van der Waals surface area contributed by atoms with Crippen molar-refractivity contribution < 1.29 is 4.79 Å². The number of fused-ring (bicyclic) bond motifs is 1. The summed E-state index contributed by atoms with van der Waals surface area (Å²) >= 11 is 9.40. The molecule has 0 spiro atoms. The monoisotopic (exact) mass is 268 g/mol. The molecule has 0 amide bonds. The van der Waals surface area contributed by atoms with Gasteiger partial charge in [0.1, 0.15) is 0 Å². The predicted molar refractivity (Wildman–Crippen MR) is 62.0 cm³/mol. The zero-order chi connectivity index (χ0) is 10.1. The lowest BCUT2D eigenvalue weighted by Gasteiger charge is -2.04. The first kappa shape index (κ1) is 9.69. The summed E-state index contributed by atoms with van der Waals surface area (Å²) in [6, 6.07) is 9.59. The molecule has 0 bridgehead atoms. The minimum atomic E-state index is 0.505. The maximum absolute atomic E-state index is 10.8. The van der Waals surface area contributed by atoms with Crippen LogP contribution in [0.25, 0.3) is 10.8 Å². The molecule has 2 aromatic carbocycles. The van der Waals surface area contributed by atoms with E-state index in [-0.39, 0.29) is 0 Å². The maximum atomic E-state index is 10.8. The summed E-state index contributed by atoms with van der Waals surface area (Å²) in [5.41, 5.74) is 0.505. The van der Waals surface area contributed by atoms with Gasteiger partial charge in [-0.1, -0.05) is 35.9 Å². The van der Waals surface area contributed by atoms with Gasteiger partial charge in [0.2, 0.25) is 0 Å². The van der Waals surface area contributed by atoms with Gasteiger partial charge in [-0.05, 0) is 27.4 Å². The van der Waals surface area contributed by atoms with Crippen LogP contribution in [-0.4, -0.2) is 6.29 Å². The summed E-state index contributed by atoms with van der Waals surface area (Å²) in [6.07, 6.45) is 0.763. The molecular formula is C11H6BrClO. The standard InChI is InChI=1S/C11H6BrClO/c12-10-5-7-3-1-2-4-8(7)11(13)9(10)6-14/h1-6H. The zero-order valence-corrected chi connectivity index (χ0v) is 9.47. The molecule has 70 valence electrons. The SMILES string of the molecule is O=Cc1c(Br)cc2ccccc2c1Cl. The maximum Gasteiger partial charge on any atom is 0.152 e. The molecule has 0 aliphatic carbocycles. The summed E-state index contributed by atoms with van der Waals surface area (Å²) in [5, 5.41) is 2.43. The minimum Gasteiger partial charge on any atom is -0.298 e. The molecular weight excluding hydrogens is 263 g/mol. The average molecular weight is 270 g/mol. The van der Waals surface area contributed by atoms with Crippen LogP contribution in [0.5, 0.6) is 0 Å². The lowest BCUT2D eigenvalue weighted by atomic mass is 10.1. The fourth-order valence-electron chi connectivity index (χ4n) is 1.39. The van der Waals surface area contributed by atoms with Gasteiger partial charge in [0.15, 0.2) is 6.29 Å². The second-order valence-corrected chi connectivity index (χ2v) is 4.16. The predicted octanol–water partition coefficient (Wildman–Crippen LogP) is 4.07. The van der Waals surface area contributed by atoms with Crippen LogP contribution in [0.3, 0.4) is 0 Å². The summed E-state index contributed by atoms with van der Waals surface area (Å²) in [7, 11) is 0. The van der Waals surface area contributed by atoms with E-state index in [1.807, 2.05) is 30.3 Å². The van der Waals surface area contributed by atoms with Gasteiger partial charge in [-0.25, -0.2) is 0 Å². The topological polar surface area (TPSA) is 17.1 Å². The zero-order valence-electron chi connectivity index (χ0n) is 7.13. The average Bonchev–Trinajstić information content (AvgIpc) is 2.18. The van der Waals surface area contributed by atoms with Crippen LogP contribution >= 0.6 is 27.5 Å². The number of rotatable bonds is 1. The van der Waals surface area contributed by atoms with E-state index in [1.54, 1.807) is 0 Å². The quantitative estimate of drug-likeness (QED) is 0.713. The Bertz CT molecular complexity index is 508. The van der Waals surface area contributed by atoms with Crippen molar-refractivity contribution in [2.24, 2.45) is 0 Å². The van der Waals surface area contributed by atoms with Crippen molar-refractivity contribution in [2.75, 3.05) is 0 Å². The molecule has 0 N–H and O–H groups in total. The molecule has 0 fully saturated rings. The van der Waals surface area contributed by atoms with E-state index < -0.39 is 0 Å². The molecule has 0 unspecified atom stereocenters. The van der Waals surface area contributed by atoms with Gasteiger partial charge >= 0.3 is 0 Å². The van der Waals surface area contributed by atoms with Crippen molar-refractivity contribution >= 4 is 44.6 Å². The van der Waals surface area contributed by atoms with Crippen LogP contribution in [-0.2, 0) is 0 Å². The lowest BCUT2D eigenvalue weighted by Crippen LogP contribution is -1.86. The summed E-state index contributed by atoms with van der Waals surface area (Å²) in [4.78, 5) is 10.8.